The number of ether oxygens (including phenoxy) is 1. The van der Waals surface area contributed by atoms with Crippen molar-refractivity contribution in [1.82, 2.24) is 4.72 Å². The van der Waals surface area contributed by atoms with Crippen molar-refractivity contribution in [2.75, 3.05) is 13.2 Å². The van der Waals surface area contributed by atoms with Gasteiger partial charge in [-0.1, -0.05) is 12.1 Å². The van der Waals surface area contributed by atoms with Crippen LogP contribution in [0.2, 0.25) is 0 Å². The van der Waals surface area contributed by atoms with E-state index in [1.165, 1.54) is 12.1 Å². The first kappa shape index (κ1) is 14.5. The molecule has 5 nitrogen and oxygen atoms in total. The average Bonchev–Trinajstić information content (AvgIpc) is 2.82. The Bertz CT molecular complexity index is 512. The van der Waals surface area contributed by atoms with Crippen molar-refractivity contribution in [3.05, 3.63) is 29.8 Å². The van der Waals surface area contributed by atoms with Crippen LogP contribution in [0.3, 0.4) is 0 Å². The van der Waals surface area contributed by atoms with E-state index < -0.39 is 10.0 Å². The van der Waals surface area contributed by atoms with E-state index in [1.54, 1.807) is 12.1 Å². The van der Waals surface area contributed by atoms with E-state index in [0.717, 1.165) is 6.42 Å². The molecule has 106 valence electrons. The van der Waals surface area contributed by atoms with Crippen LogP contribution in [0, 0.1) is 5.92 Å². The zero-order valence-corrected chi connectivity index (χ0v) is 11.7. The van der Waals surface area contributed by atoms with Crippen molar-refractivity contribution >= 4 is 10.0 Å². The number of hydrogen-bond acceptors (Lipinski definition) is 4. The van der Waals surface area contributed by atoms with Gasteiger partial charge >= 0.3 is 0 Å². The van der Waals surface area contributed by atoms with Crippen molar-refractivity contribution in [1.29, 1.82) is 0 Å². The van der Waals surface area contributed by atoms with Gasteiger partial charge in [-0.3, -0.25) is 0 Å². The summed E-state index contributed by atoms with van der Waals surface area (Å²) in [4.78, 5) is 0.219. The first-order valence-corrected chi connectivity index (χ1v) is 7.82. The summed E-state index contributed by atoms with van der Waals surface area (Å²) in [6, 6.07) is 6.22. The molecule has 6 heteroatoms. The predicted molar refractivity (Wildman–Crippen MR) is 71.1 cm³/mol. The minimum absolute atomic E-state index is 0.0926. The molecular formula is C13H19NO4S. The van der Waals surface area contributed by atoms with Gasteiger partial charge in [0.1, 0.15) is 0 Å². The Kier molecular flexibility index (Phi) is 4.57. The molecule has 0 aromatic heterocycles. The predicted octanol–water partition coefficient (Wildman–Crippen LogP) is 0.882. The van der Waals surface area contributed by atoms with E-state index in [1.807, 2.05) is 6.92 Å². The SMILES string of the molecule is CC1OCCC1CNS(=O)(=O)c1ccc(CO)cc1. The Labute approximate surface area is 113 Å². The molecule has 1 heterocycles. The molecular weight excluding hydrogens is 266 g/mol. The van der Waals surface area contributed by atoms with Crippen molar-refractivity contribution in [2.45, 2.75) is 31.0 Å². The number of benzene rings is 1. The highest BCUT2D eigenvalue weighted by molar-refractivity contribution is 7.89. The molecule has 0 saturated carbocycles. The highest BCUT2D eigenvalue weighted by Crippen LogP contribution is 2.20. The number of hydrogen-bond donors (Lipinski definition) is 2. The van der Waals surface area contributed by atoms with E-state index in [0.29, 0.717) is 18.7 Å². The van der Waals surface area contributed by atoms with Crippen LogP contribution in [-0.4, -0.2) is 32.8 Å². The second kappa shape index (κ2) is 6.00. The van der Waals surface area contributed by atoms with Gasteiger partial charge in [0.05, 0.1) is 17.6 Å². The number of nitrogens with one attached hydrogen (secondary N) is 1. The monoisotopic (exact) mass is 285 g/mol. The standard InChI is InChI=1S/C13H19NO4S/c1-10-12(6-7-18-10)8-14-19(16,17)13-4-2-11(9-15)3-5-13/h2-5,10,12,14-15H,6-9H2,1H3. The summed E-state index contributed by atoms with van der Waals surface area (Å²) < 4.78 is 32.2. The second-order valence-corrected chi connectivity index (χ2v) is 6.55. The third-order valence-electron chi connectivity index (χ3n) is 3.49. The Morgan fingerprint density at radius 1 is 1.37 bits per heavy atom. The van der Waals surface area contributed by atoms with Gasteiger partial charge in [0.2, 0.25) is 10.0 Å². The molecule has 19 heavy (non-hydrogen) atoms. The summed E-state index contributed by atoms with van der Waals surface area (Å²) in [5.41, 5.74) is 0.691. The first-order chi connectivity index (χ1) is 9.03. The molecule has 1 aliphatic rings. The minimum Gasteiger partial charge on any atom is -0.392 e. The van der Waals surface area contributed by atoms with Gasteiger partial charge in [-0.2, -0.15) is 0 Å². The summed E-state index contributed by atoms with van der Waals surface area (Å²) in [5, 5.41) is 8.93. The van der Waals surface area contributed by atoms with Crippen LogP contribution in [0.25, 0.3) is 0 Å². The minimum atomic E-state index is -3.48. The van der Waals surface area contributed by atoms with Crippen molar-refractivity contribution in [3.8, 4) is 0 Å². The maximum Gasteiger partial charge on any atom is 0.240 e. The van der Waals surface area contributed by atoms with Crippen LogP contribution in [-0.2, 0) is 21.4 Å². The van der Waals surface area contributed by atoms with Crippen LogP contribution in [0.1, 0.15) is 18.9 Å². The fraction of sp³-hybridized carbons (Fsp3) is 0.538. The number of rotatable bonds is 5. The average molecular weight is 285 g/mol. The summed E-state index contributed by atoms with van der Waals surface area (Å²) >= 11 is 0. The smallest absolute Gasteiger partial charge is 0.240 e. The molecule has 2 rings (SSSR count). The van der Waals surface area contributed by atoms with Gasteiger partial charge in [-0.25, -0.2) is 13.1 Å². The first-order valence-electron chi connectivity index (χ1n) is 6.34. The molecule has 0 aliphatic carbocycles. The Morgan fingerprint density at radius 3 is 2.58 bits per heavy atom. The lowest BCUT2D eigenvalue weighted by Crippen LogP contribution is -2.32. The van der Waals surface area contributed by atoms with Gasteiger partial charge < -0.3 is 9.84 Å². The lowest BCUT2D eigenvalue weighted by atomic mass is 10.0. The van der Waals surface area contributed by atoms with Gasteiger partial charge in [0.25, 0.3) is 0 Å². The zero-order chi connectivity index (χ0) is 13.9. The fourth-order valence-electron chi connectivity index (χ4n) is 2.12. The fourth-order valence-corrected chi connectivity index (χ4v) is 3.21. The summed E-state index contributed by atoms with van der Waals surface area (Å²) in [6.07, 6.45) is 0.979. The van der Waals surface area contributed by atoms with Crippen LogP contribution in [0.15, 0.2) is 29.2 Å². The van der Waals surface area contributed by atoms with Gasteiger partial charge in [0.15, 0.2) is 0 Å². The molecule has 0 radical (unpaired) electrons. The van der Waals surface area contributed by atoms with E-state index in [2.05, 4.69) is 4.72 Å². The third-order valence-corrected chi connectivity index (χ3v) is 4.92. The van der Waals surface area contributed by atoms with E-state index >= 15 is 0 Å². The second-order valence-electron chi connectivity index (χ2n) is 4.78. The summed E-state index contributed by atoms with van der Waals surface area (Å²) in [7, 11) is -3.48. The Morgan fingerprint density at radius 2 is 2.05 bits per heavy atom. The number of sulfonamides is 1. The quantitative estimate of drug-likeness (QED) is 0.842. The molecule has 0 amide bonds. The molecule has 1 aliphatic heterocycles. The van der Waals surface area contributed by atoms with Crippen molar-refractivity contribution in [3.63, 3.8) is 0 Å². The molecule has 2 unspecified atom stereocenters. The summed E-state index contributed by atoms with van der Waals surface area (Å²) in [5.74, 6) is 0.228. The number of aliphatic hydroxyl groups excluding tert-OH is 1. The molecule has 0 bridgehead atoms. The van der Waals surface area contributed by atoms with Crippen LogP contribution >= 0.6 is 0 Å². The van der Waals surface area contributed by atoms with Gasteiger partial charge in [-0.05, 0) is 31.0 Å². The maximum atomic E-state index is 12.1. The van der Waals surface area contributed by atoms with Crippen LogP contribution in [0.5, 0.6) is 0 Å². The highest BCUT2D eigenvalue weighted by atomic mass is 32.2. The third kappa shape index (κ3) is 3.54. The normalized spacial score (nSPS) is 23.7. The zero-order valence-electron chi connectivity index (χ0n) is 10.9. The summed E-state index contributed by atoms with van der Waals surface area (Å²) in [6.45, 7) is 2.96. The molecule has 1 fully saturated rings. The highest BCUT2D eigenvalue weighted by Gasteiger charge is 2.26. The molecule has 1 saturated heterocycles. The largest absolute Gasteiger partial charge is 0.392 e. The van der Waals surface area contributed by atoms with Gasteiger partial charge in [-0.15, -0.1) is 0 Å². The lowest BCUT2D eigenvalue weighted by Gasteiger charge is -2.15. The maximum absolute atomic E-state index is 12.1. The molecule has 1 aromatic carbocycles. The molecule has 2 N–H and O–H groups in total. The Balaban J connectivity index is 2.01. The molecule has 2 atom stereocenters. The van der Waals surface area contributed by atoms with E-state index in [-0.39, 0.29) is 23.5 Å². The van der Waals surface area contributed by atoms with Gasteiger partial charge in [0, 0.05) is 19.1 Å². The topological polar surface area (TPSA) is 75.6 Å². The van der Waals surface area contributed by atoms with E-state index in [9.17, 15) is 8.42 Å². The molecule has 1 aromatic rings. The number of aliphatic hydroxyl groups is 1. The van der Waals surface area contributed by atoms with Crippen molar-refractivity contribution < 1.29 is 18.3 Å². The van der Waals surface area contributed by atoms with Crippen molar-refractivity contribution in [2.24, 2.45) is 5.92 Å². The Hall–Kier alpha value is -0.950. The van der Waals surface area contributed by atoms with E-state index in [4.69, 9.17) is 9.84 Å². The van der Waals surface area contributed by atoms with Crippen LogP contribution < -0.4 is 4.72 Å². The molecule has 0 spiro atoms. The lowest BCUT2D eigenvalue weighted by molar-refractivity contribution is 0.107. The van der Waals surface area contributed by atoms with Crippen LogP contribution in [0.4, 0.5) is 0 Å².